The second-order valence-corrected chi connectivity index (χ2v) is 4.11. The van der Waals surface area contributed by atoms with Gasteiger partial charge in [-0.15, -0.1) is 0 Å². The molecule has 0 radical (unpaired) electrons. The van der Waals surface area contributed by atoms with Gasteiger partial charge < -0.3 is 10.2 Å². The van der Waals surface area contributed by atoms with Gasteiger partial charge in [0.1, 0.15) is 0 Å². The predicted molar refractivity (Wildman–Crippen MR) is 42.0 cm³/mol. The first-order chi connectivity index (χ1) is 5.31. The molecule has 0 heterocycles. The molecule has 2 bridgehead atoms. The third kappa shape index (κ3) is 1.18. The lowest BCUT2D eigenvalue weighted by Gasteiger charge is -2.30. The Bertz CT molecular complexity index is 132. The molecule has 0 spiro atoms. The number of hydrogen-bond donors (Lipinski definition) is 2. The minimum absolute atomic E-state index is 0.0437. The van der Waals surface area contributed by atoms with E-state index in [9.17, 15) is 5.11 Å². The zero-order valence-electron chi connectivity index (χ0n) is 6.74. The lowest BCUT2D eigenvalue weighted by molar-refractivity contribution is 0.0238. The van der Waals surface area contributed by atoms with E-state index in [0.717, 1.165) is 12.8 Å². The molecule has 0 aromatic carbocycles. The van der Waals surface area contributed by atoms with E-state index in [4.69, 9.17) is 5.11 Å². The second-order valence-electron chi connectivity index (χ2n) is 4.11. The molecule has 11 heavy (non-hydrogen) atoms. The summed E-state index contributed by atoms with van der Waals surface area (Å²) in [6.45, 7) is 0.319. The fourth-order valence-corrected chi connectivity index (χ4v) is 2.77. The average Bonchev–Trinajstić information content (AvgIpc) is 2.26. The summed E-state index contributed by atoms with van der Waals surface area (Å²) in [4.78, 5) is 0. The van der Waals surface area contributed by atoms with Crippen LogP contribution in [0.4, 0.5) is 0 Å². The van der Waals surface area contributed by atoms with Crippen molar-refractivity contribution < 1.29 is 10.2 Å². The second kappa shape index (κ2) is 2.76. The summed E-state index contributed by atoms with van der Waals surface area (Å²) in [6, 6.07) is 0. The highest BCUT2D eigenvalue weighted by Crippen LogP contribution is 2.44. The van der Waals surface area contributed by atoms with Crippen molar-refractivity contribution in [3.8, 4) is 0 Å². The minimum Gasteiger partial charge on any atom is -0.396 e. The van der Waals surface area contributed by atoms with Gasteiger partial charge in [-0.05, 0) is 43.4 Å². The molecular weight excluding hydrogens is 140 g/mol. The number of aliphatic hydroxyl groups excluding tert-OH is 2. The van der Waals surface area contributed by atoms with Crippen LogP contribution in [0.3, 0.4) is 0 Å². The molecule has 0 aliphatic heterocycles. The lowest BCUT2D eigenvalue weighted by Crippen LogP contribution is -2.31. The molecule has 0 aromatic rings. The van der Waals surface area contributed by atoms with Gasteiger partial charge in [0, 0.05) is 6.61 Å². The van der Waals surface area contributed by atoms with Gasteiger partial charge in [0.2, 0.25) is 0 Å². The van der Waals surface area contributed by atoms with Crippen LogP contribution in [0.2, 0.25) is 0 Å². The van der Waals surface area contributed by atoms with Crippen LogP contribution >= 0.6 is 0 Å². The van der Waals surface area contributed by atoms with Crippen molar-refractivity contribution in [3.63, 3.8) is 0 Å². The topological polar surface area (TPSA) is 40.5 Å². The fourth-order valence-electron chi connectivity index (χ4n) is 2.77. The van der Waals surface area contributed by atoms with E-state index in [1.807, 2.05) is 0 Å². The smallest absolute Gasteiger partial charge is 0.0596 e. The Morgan fingerprint density at radius 1 is 1.09 bits per heavy atom. The van der Waals surface area contributed by atoms with E-state index in [1.165, 1.54) is 12.8 Å². The molecule has 2 saturated carbocycles. The first-order valence-electron chi connectivity index (χ1n) is 4.60. The van der Waals surface area contributed by atoms with Gasteiger partial charge >= 0.3 is 0 Å². The first-order valence-corrected chi connectivity index (χ1v) is 4.60. The Morgan fingerprint density at radius 2 is 1.64 bits per heavy atom. The summed E-state index contributed by atoms with van der Waals surface area (Å²) in [7, 11) is 0. The Kier molecular flexibility index (Phi) is 1.90. The molecule has 2 aliphatic carbocycles. The molecule has 2 fully saturated rings. The highest BCUT2D eigenvalue weighted by Gasteiger charge is 2.41. The summed E-state index contributed by atoms with van der Waals surface area (Å²) >= 11 is 0. The number of fused-ring (bicyclic) bond motifs is 2. The third-order valence-electron chi connectivity index (χ3n) is 3.40. The molecule has 2 rings (SSSR count). The zero-order valence-corrected chi connectivity index (χ0v) is 6.74. The lowest BCUT2D eigenvalue weighted by atomic mass is 9.79. The van der Waals surface area contributed by atoms with Crippen LogP contribution in [-0.2, 0) is 0 Å². The summed E-state index contributed by atoms with van der Waals surface area (Å²) in [5.41, 5.74) is 0. The number of rotatable bonds is 1. The van der Waals surface area contributed by atoms with Crippen LogP contribution in [-0.4, -0.2) is 22.9 Å². The fraction of sp³-hybridized carbons (Fsp3) is 1.00. The Hall–Kier alpha value is -0.0800. The maximum Gasteiger partial charge on any atom is 0.0596 e. The van der Waals surface area contributed by atoms with Crippen LogP contribution in [0, 0.1) is 17.8 Å². The number of hydrogen-bond acceptors (Lipinski definition) is 2. The van der Waals surface area contributed by atoms with E-state index in [2.05, 4.69) is 0 Å². The average molecular weight is 156 g/mol. The normalized spacial score (nSPS) is 49.6. The Morgan fingerprint density at radius 3 is 2.09 bits per heavy atom. The summed E-state index contributed by atoms with van der Waals surface area (Å²) in [6.07, 6.45) is 4.42. The van der Waals surface area contributed by atoms with Crippen LogP contribution in [0.15, 0.2) is 0 Å². The molecule has 2 unspecified atom stereocenters. The van der Waals surface area contributed by atoms with Gasteiger partial charge in [0.15, 0.2) is 0 Å². The Balaban J connectivity index is 2.02. The van der Waals surface area contributed by atoms with Crippen molar-refractivity contribution in [2.75, 3.05) is 6.61 Å². The maximum atomic E-state index is 9.64. The molecule has 0 aromatic heterocycles. The monoisotopic (exact) mass is 156 g/mol. The molecule has 4 atom stereocenters. The van der Waals surface area contributed by atoms with Crippen molar-refractivity contribution >= 4 is 0 Å². The van der Waals surface area contributed by atoms with E-state index in [1.54, 1.807) is 0 Å². The molecule has 2 nitrogen and oxygen atoms in total. The van der Waals surface area contributed by atoms with Crippen molar-refractivity contribution in [1.29, 1.82) is 0 Å². The summed E-state index contributed by atoms with van der Waals surface area (Å²) in [5.74, 6) is 1.49. The van der Waals surface area contributed by atoms with Crippen LogP contribution in [0.5, 0.6) is 0 Å². The van der Waals surface area contributed by atoms with Crippen molar-refractivity contribution in [3.05, 3.63) is 0 Å². The summed E-state index contributed by atoms with van der Waals surface area (Å²) in [5, 5.41) is 18.6. The third-order valence-corrected chi connectivity index (χ3v) is 3.40. The van der Waals surface area contributed by atoms with Gasteiger partial charge in [-0.3, -0.25) is 0 Å². The summed E-state index contributed by atoms with van der Waals surface area (Å²) < 4.78 is 0. The first kappa shape index (κ1) is 7.56. The van der Waals surface area contributed by atoms with E-state index in [-0.39, 0.29) is 6.10 Å². The molecule has 0 amide bonds. The van der Waals surface area contributed by atoms with Crippen LogP contribution in [0.25, 0.3) is 0 Å². The van der Waals surface area contributed by atoms with E-state index >= 15 is 0 Å². The molecule has 2 heteroatoms. The van der Waals surface area contributed by atoms with E-state index < -0.39 is 0 Å². The van der Waals surface area contributed by atoms with Crippen LogP contribution < -0.4 is 0 Å². The van der Waals surface area contributed by atoms with E-state index in [0.29, 0.717) is 24.4 Å². The Labute approximate surface area is 67.2 Å². The highest BCUT2D eigenvalue weighted by atomic mass is 16.3. The molecule has 64 valence electrons. The number of aliphatic hydroxyl groups is 2. The highest BCUT2D eigenvalue weighted by molar-refractivity contribution is 4.91. The van der Waals surface area contributed by atoms with Gasteiger partial charge in [-0.2, -0.15) is 0 Å². The quantitative estimate of drug-likeness (QED) is 0.589. The maximum absolute atomic E-state index is 9.64. The van der Waals surface area contributed by atoms with Gasteiger partial charge in [0.25, 0.3) is 0 Å². The van der Waals surface area contributed by atoms with Gasteiger partial charge in [-0.25, -0.2) is 0 Å². The van der Waals surface area contributed by atoms with Crippen molar-refractivity contribution in [1.82, 2.24) is 0 Å². The zero-order chi connectivity index (χ0) is 7.84. The van der Waals surface area contributed by atoms with Gasteiger partial charge in [-0.1, -0.05) is 0 Å². The van der Waals surface area contributed by atoms with Crippen molar-refractivity contribution in [2.45, 2.75) is 31.8 Å². The standard InChI is InChI=1S/C9H16O2/c10-5-6-3-7-1-2-8(4-6)9(7)11/h6-11H,1-5H2/t6?,7-,8+,9?. The molecular formula is C9H16O2. The molecule has 2 N–H and O–H groups in total. The molecule has 2 aliphatic rings. The molecule has 0 saturated heterocycles. The SMILES string of the molecule is OCC1C[C@H]2CC[C@@H](C1)C2O. The van der Waals surface area contributed by atoms with Gasteiger partial charge in [0.05, 0.1) is 6.10 Å². The largest absolute Gasteiger partial charge is 0.396 e. The van der Waals surface area contributed by atoms with Crippen LogP contribution in [0.1, 0.15) is 25.7 Å². The minimum atomic E-state index is -0.0437. The van der Waals surface area contributed by atoms with Crippen molar-refractivity contribution in [2.24, 2.45) is 17.8 Å². The predicted octanol–water partition coefficient (Wildman–Crippen LogP) is 0.776.